The highest BCUT2D eigenvalue weighted by atomic mass is 16.5. The normalized spacial score (nSPS) is 23.9. The van der Waals surface area contributed by atoms with Crippen LogP contribution in [0, 0.1) is 0 Å². The lowest BCUT2D eigenvalue weighted by atomic mass is 10.0. The van der Waals surface area contributed by atoms with Crippen LogP contribution >= 0.6 is 0 Å². The van der Waals surface area contributed by atoms with Gasteiger partial charge in [0.15, 0.2) is 0 Å². The second kappa shape index (κ2) is 6.83. The van der Waals surface area contributed by atoms with Gasteiger partial charge in [0.2, 0.25) is 0 Å². The number of imidazole rings is 1. The zero-order chi connectivity index (χ0) is 15.5. The Morgan fingerprint density at radius 1 is 1.04 bits per heavy atom. The monoisotopic (exact) mass is 313 g/mol. The van der Waals surface area contributed by atoms with Crippen LogP contribution in [0.15, 0.2) is 36.5 Å². The van der Waals surface area contributed by atoms with Crippen molar-refractivity contribution in [3.8, 4) is 11.3 Å². The van der Waals surface area contributed by atoms with Crippen molar-refractivity contribution in [2.45, 2.75) is 24.9 Å². The Hall–Kier alpha value is -1.69. The van der Waals surface area contributed by atoms with Gasteiger partial charge in [0.1, 0.15) is 5.82 Å². The molecule has 5 heteroatoms. The number of nitrogens with one attached hydrogen (secondary N) is 1. The summed E-state index contributed by atoms with van der Waals surface area (Å²) in [5.74, 6) is 1.01. The molecule has 0 aliphatic carbocycles. The van der Waals surface area contributed by atoms with Crippen molar-refractivity contribution in [2.24, 2.45) is 0 Å². The Morgan fingerprint density at radius 3 is 2.70 bits per heavy atom. The highest BCUT2D eigenvalue weighted by molar-refractivity contribution is 5.58. The molecule has 2 aliphatic heterocycles. The quantitative estimate of drug-likeness (QED) is 0.946. The van der Waals surface area contributed by atoms with Gasteiger partial charge in [-0.25, -0.2) is 4.98 Å². The van der Waals surface area contributed by atoms with E-state index in [0.29, 0.717) is 12.6 Å². The number of morpholine rings is 1. The van der Waals surface area contributed by atoms with E-state index in [1.165, 1.54) is 5.56 Å². The average molecular weight is 313 g/mol. The predicted molar refractivity (Wildman–Crippen MR) is 88.1 cm³/mol. The Kier molecular flexibility index (Phi) is 4.41. The second-order valence-corrected chi connectivity index (χ2v) is 6.22. The highest BCUT2D eigenvalue weighted by Gasteiger charge is 2.33. The number of aromatic nitrogens is 2. The van der Waals surface area contributed by atoms with Gasteiger partial charge < -0.3 is 14.5 Å². The maximum Gasteiger partial charge on any atom is 0.126 e. The number of rotatable bonds is 3. The fourth-order valence-corrected chi connectivity index (χ4v) is 3.58. The zero-order valence-corrected chi connectivity index (χ0v) is 13.3. The van der Waals surface area contributed by atoms with Crippen LogP contribution < -0.4 is 0 Å². The van der Waals surface area contributed by atoms with Crippen molar-refractivity contribution in [3.63, 3.8) is 0 Å². The molecule has 3 heterocycles. The van der Waals surface area contributed by atoms with Crippen molar-refractivity contribution in [1.29, 1.82) is 0 Å². The van der Waals surface area contributed by atoms with Gasteiger partial charge in [0.05, 0.1) is 31.1 Å². The Morgan fingerprint density at radius 2 is 1.87 bits per heavy atom. The van der Waals surface area contributed by atoms with Crippen LogP contribution in [0.1, 0.15) is 24.7 Å². The van der Waals surface area contributed by atoms with Crippen LogP contribution in [0.2, 0.25) is 0 Å². The smallest absolute Gasteiger partial charge is 0.126 e. The summed E-state index contributed by atoms with van der Waals surface area (Å²) in [4.78, 5) is 10.7. The summed E-state index contributed by atoms with van der Waals surface area (Å²) in [7, 11) is 0. The third-order valence-corrected chi connectivity index (χ3v) is 4.83. The van der Waals surface area contributed by atoms with Gasteiger partial charge >= 0.3 is 0 Å². The molecule has 2 saturated heterocycles. The Labute approximate surface area is 136 Å². The van der Waals surface area contributed by atoms with E-state index < -0.39 is 0 Å². The molecule has 0 radical (unpaired) electrons. The molecule has 0 bridgehead atoms. The third kappa shape index (κ3) is 3.17. The van der Waals surface area contributed by atoms with Crippen molar-refractivity contribution in [3.05, 3.63) is 42.4 Å². The maximum atomic E-state index is 5.74. The van der Waals surface area contributed by atoms with Gasteiger partial charge in [-0.2, -0.15) is 0 Å². The molecule has 0 spiro atoms. The molecular weight excluding hydrogens is 290 g/mol. The minimum absolute atomic E-state index is 0.212. The highest BCUT2D eigenvalue weighted by Crippen LogP contribution is 2.29. The molecule has 2 aliphatic rings. The fourth-order valence-electron chi connectivity index (χ4n) is 3.58. The molecule has 122 valence electrons. The van der Waals surface area contributed by atoms with Crippen molar-refractivity contribution in [1.82, 2.24) is 14.9 Å². The summed E-state index contributed by atoms with van der Waals surface area (Å²) < 4.78 is 11.3. The summed E-state index contributed by atoms with van der Waals surface area (Å²) in [6, 6.07) is 11.1. The zero-order valence-electron chi connectivity index (χ0n) is 13.3. The standard InChI is InChI=1S/C18H23N3O2/c1-2-4-14(5-3-1)16-12-19-18(20-16)17-13-23-11-8-21(17)15-6-9-22-10-7-15/h1-5,12,15,17H,6-11,13H2,(H,19,20)/t17-/m0/s1. The van der Waals surface area contributed by atoms with Gasteiger partial charge in [-0.15, -0.1) is 0 Å². The predicted octanol–water partition coefficient (Wildman–Crippen LogP) is 2.63. The fraction of sp³-hybridized carbons (Fsp3) is 0.500. The van der Waals surface area contributed by atoms with Crippen LogP contribution in [0.25, 0.3) is 11.3 Å². The Balaban J connectivity index is 1.56. The lowest BCUT2D eigenvalue weighted by molar-refractivity contribution is -0.0589. The van der Waals surface area contributed by atoms with E-state index in [0.717, 1.165) is 50.7 Å². The molecule has 1 aromatic heterocycles. The van der Waals surface area contributed by atoms with Crippen molar-refractivity contribution >= 4 is 0 Å². The number of aromatic amines is 1. The molecule has 0 unspecified atom stereocenters. The van der Waals surface area contributed by atoms with Crippen molar-refractivity contribution < 1.29 is 9.47 Å². The average Bonchev–Trinajstić information content (AvgIpc) is 3.13. The molecule has 4 rings (SSSR count). The number of benzene rings is 1. The summed E-state index contributed by atoms with van der Waals surface area (Å²) in [5, 5.41) is 0. The molecule has 1 atom stereocenters. The number of hydrogen-bond acceptors (Lipinski definition) is 4. The summed E-state index contributed by atoms with van der Waals surface area (Å²) >= 11 is 0. The largest absolute Gasteiger partial charge is 0.381 e. The first-order valence-corrected chi connectivity index (χ1v) is 8.43. The first-order valence-electron chi connectivity index (χ1n) is 8.43. The van der Waals surface area contributed by atoms with E-state index >= 15 is 0 Å². The van der Waals surface area contributed by atoms with Crippen LogP contribution in [0.4, 0.5) is 0 Å². The summed E-state index contributed by atoms with van der Waals surface area (Å²) in [5.41, 5.74) is 2.23. The number of nitrogens with zero attached hydrogens (tertiary/aromatic N) is 2. The van der Waals surface area contributed by atoms with E-state index in [1.807, 2.05) is 24.4 Å². The Bertz CT molecular complexity index is 622. The summed E-state index contributed by atoms with van der Waals surface area (Å²) in [6.07, 6.45) is 4.13. The molecule has 2 fully saturated rings. The SMILES string of the molecule is c1ccc(-c2cnc([C@@H]3COCCN3C3CCOCC3)[nH]2)cc1. The van der Waals surface area contributed by atoms with Crippen LogP contribution in [-0.2, 0) is 9.47 Å². The topological polar surface area (TPSA) is 50.4 Å². The van der Waals surface area contributed by atoms with E-state index in [9.17, 15) is 0 Å². The van der Waals surface area contributed by atoms with Gasteiger partial charge in [0.25, 0.3) is 0 Å². The number of H-pyrrole nitrogens is 1. The van der Waals surface area contributed by atoms with Gasteiger partial charge in [0, 0.05) is 25.8 Å². The number of ether oxygens (including phenoxy) is 2. The van der Waals surface area contributed by atoms with E-state index in [2.05, 4.69) is 27.0 Å². The van der Waals surface area contributed by atoms with E-state index in [1.54, 1.807) is 0 Å². The van der Waals surface area contributed by atoms with Gasteiger partial charge in [-0.1, -0.05) is 30.3 Å². The number of hydrogen-bond donors (Lipinski definition) is 1. The minimum atomic E-state index is 0.212. The first-order chi connectivity index (χ1) is 11.4. The third-order valence-electron chi connectivity index (χ3n) is 4.83. The molecule has 1 N–H and O–H groups in total. The lowest BCUT2D eigenvalue weighted by Gasteiger charge is -2.41. The molecule has 0 amide bonds. The van der Waals surface area contributed by atoms with Crippen molar-refractivity contribution in [2.75, 3.05) is 33.0 Å². The van der Waals surface area contributed by atoms with Crippen LogP contribution in [0.5, 0.6) is 0 Å². The summed E-state index contributed by atoms with van der Waals surface area (Å²) in [6.45, 7) is 4.21. The molecule has 5 nitrogen and oxygen atoms in total. The van der Waals surface area contributed by atoms with Crippen LogP contribution in [-0.4, -0.2) is 53.9 Å². The van der Waals surface area contributed by atoms with Gasteiger partial charge in [-0.05, 0) is 18.4 Å². The molecular formula is C18H23N3O2. The first kappa shape index (κ1) is 14.9. The lowest BCUT2D eigenvalue weighted by Crippen LogP contribution is -2.48. The van der Waals surface area contributed by atoms with Crippen LogP contribution in [0.3, 0.4) is 0 Å². The minimum Gasteiger partial charge on any atom is -0.381 e. The maximum absolute atomic E-state index is 5.74. The van der Waals surface area contributed by atoms with E-state index in [4.69, 9.17) is 9.47 Å². The second-order valence-electron chi connectivity index (χ2n) is 6.22. The van der Waals surface area contributed by atoms with Gasteiger partial charge in [-0.3, -0.25) is 4.90 Å². The molecule has 0 saturated carbocycles. The molecule has 23 heavy (non-hydrogen) atoms. The molecule has 1 aromatic carbocycles. The molecule has 2 aromatic rings. The van der Waals surface area contributed by atoms with E-state index in [-0.39, 0.29) is 6.04 Å².